The van der Waals surface area contributed by atoms with Crippen LogP contribution in [0.3, 0.4) is 0 Å². The number of rotatable bonds is 8. The number of hydrogen-bond acceptors (Lipinski definition) is 3. The summed E-state index contributed by atoms with van der Waals surface area (Å²) in [5, 5.41) is 13.2. The van der Waals surface area contributed by atoms with E-state index >= 15 is 0 Å². The van der Waals surface area contributed by atoms with Crippen LogP contribution in [0.5, 0.6) is 0 Å². The van der Waals surface area contributed by atoms with Crippen molar-refractivity contribution in [2.75, 3.05) is 13.1 Å². The molecule has 5 aliphatic carbocycles. The Kier molecular flexibility index (Phi) is 8.15. The third-order valence-corrected chi connectivity index (χ3v) is 15.4. The molecule has 45 heavy (non-hydrogen) atoms. The SMILES string of the molecule is C=C(C)C1CCC2(CNCCC(C)=O)CCC3(C)C(CCC4C5(C)CC=C(c6ccc(C(=O)O)cc6)C(C)(C)C5CCC43C)C12. The zero-order valence-corrected chi connectivity index (χ0v) is 29.2. The van der Waals surface area contributed by atoms with Gasteiger partial charge in [0.2, 0.25) is 0 Å². The minimum absolute atomic E-state index is 0.0284. The summed E-state index contributed by atoms with van der Waals surface area (Å²) in [5.41, 5.74) is 5.57. The Labute approximate surface area is 272 Å². The number of ketones is 1. The number of nitrogens with one attached hydrogen (secondary N) is 1. The van der Waals surface area contributed by atoms with E-state index < -0.39 is 5.97 Å². The number of fused-ring (bicyclic) bond motifs is 7. The van der Waals surface area contributed by atoms with Crippen LogP contribution >= 0.6 is 0 Å². The zero-order chi connectivity index (χ0) is 32.6. The first-order chi connectivity index (χ1) is 21.1. The van der Waals surface area contributed by atoms with Gasteiger partial charge >= 0.3 is 5.97 Å². The smallest absolute Gasteiger partial charge is 0.335 e. The maximum absolute atomic E-state index is 11.7. The normalized spacial score (nSPS) is 41.6. The number of carboxylic acid groups (broad SMARTS) is 1. The van der Waals surface area contributed by atoms with Crippen molar-refractivity contribution in [2.24, 2.45) is 56.7 Å². The van der Waals surface area contributed by atoms with Crippen LogP contribution in [0.25, 0.3) is 5.57 Å². The van der Waals surface area contributed by atoms with Gasteiger partial charge in [0.1, 0.15) is 5.78 Å². The Morgan fingerprint density at radius 1 is 0.889 bits per heavy atom. The van der Waals surface area contributed by atoms with Crippen molar-refractivity contribution in [1.82, 2.24) is 5.32 Å². The molecule has 1 aromatic rings. The van der Waals surface area contributed by atoms with E-state index in [1.807, 2.05) is 12.1 Å². The van der Waals surface area contributed by atoms with Gasteiger partial charge in [0.25, 0.3) is 0 Å². The maximum atomic E-state index is 11.7. The van der Waals surface area contributed by atoms with Gasteiger partial charge in [0.05, 0.1) is 5.56 Å². The number of benzene rings is 1. The highest BCUT2D eigenvalue weighted by Crippen LogP contribution is 2.77. The average molecular weight is 614 g/mol. The highest BCUT2D eigenvalue weighted by atomic mass is 16.4. The topological polar surface area (TPSA) is 66.4 Å². The van der Waals surface area contributed by atoms with Crippen LogP contribution in [0.1, 0.15) is 129 Å². The first kappa shape index (κ1) is 32.7. The first-order valence-electron chi connectivity index (χ1n) is 18.0. The number of carbonyl (C=O) groups excluding carboxylic acids is 1. The second kappa shape index (κ2) is 11.2. The standard InChI is InChI=1S/C41H59NO3/c1-26(2)30-15-21-41(25-42-24-18-27(3)43)23-22-39(7)32(35(30)41)13-14-34-38(6)19-16-31(28-9-11-29(12-10-28)36(44)45)37(4,5)33(38)17-20-40(34,39)8/h9-12,16,30,32-35,42H,1,13-15,17-25H2,2-8H3,(H,44,45). The summed E-state index contributed by atoms with van der Waals surface area (Å²) in [6.45, 7) is 23.4. The van der Waals surface area contributed by atoms with Crippen LogP contribution in [0.4, 0.5) is 0 Å². The maximum Gasteiger partial charge on any atom is 0.335 e. The molecule has 0 aromatic heterocycles. The van der Waals surface area contributed by atoms with Crippen molar-refractivity contribution in [3.05, 3.63) is 53.6 Å². The third kappa shape index (κ3) is 4.85. The lowest BCUT2D eigenvalue weighted by Gasteiger charge is -2.72. The summed E-state index contributed by atoms with van der Waals surface area (Å²) in [7, 11) is 0. The fourth-order valence-corrected chi connectivity index (χ4v) is 13.1. The summed E-state index contributed by atoms with van der Waals surface area (Å²) >= 11 is 0. The van der Waals surface area contributed by atoms with Crippen LogP contribution in [-0.2, 0) is 4.79 Å². The second-order valence-corrected chi connectivity index (χ2v) is 17.6. The highest BCUT2D eigenvalue weighted by molar-refractivity contribution is 5.88. The predicted octanol–water partition coefficient (Wildman–Crippen LogP) is 9.60. The van der Waals surface area contributed by atoms with Gasteiger partial charge in [0, 0.05) is 19.5 Å². The lowest BCUT2D eigenvalue weighted by Crippen LogP contribution is -2.65. The molecule has 0 spiro atoms. The van der Waals surface area contributed by atoms with Gasteiger partial charge in [-0.15, -0.1) is 0 Å². The van der Waals surface area contributed by atoms with Crippen molar-refractivity contribution in [1.29, 1.82) is 0 Å². The number of aromatic carboxylic acids is 1. The molecule has 4 nitrogen and oxygen atoms in total. The summed E-state index contributed by atoms with van der Waals surface area (Å²) in [6.07, 6.45) is 14.7. The van der Waals surface area contributed by atoms with Crippen molar-refractivity contribution < 1.29 is 14.7 Å². The molecule has 0 bridgehead atoms. The molecule has 9 unspecified atom stereocenters. The van der Waals surface area contributed by atoms with E-state index in [1.165, 1.54) is 68.1 Å². The molecule has 0 amide bonds. The van der Waals surface area contributed by atoms with Crippen LogP contribution in [0.15, 0.2) is 42.5 Å². The molecular weight excluding hydrogens is 554 g/mol. The minimum Gasteiger partial charge on any atom is -0.478 e. The Morgan fingerprint density at radius 3 is 2.24 bits per heavy atom. The van der Waals surface area contributed by atoms with Crippen molar-refractivity contribution >= 4 is 17.3 Å². The average Bonchev–Trinajstić information content (AvgIpc) is 3.36. The molecule has 246 valence electrons. The summed E-state index contributed by atoms with van der Waals surface area (Å²) in [6, 6.07) is 7.60. The lowest BCUT2D eigenvalue weighted by atomic mass is 9.32. The van der Waals surface area contributed by atoms with E-state index in [9.17, 15) is 14.7 Å². The monoisotopic (exact) mass is 613 g/mol. The molecule has 0 aliphatic heterocycles. The molecule has 0 saturated heterocycles. The molecule has 6 rings (SSSR count). The van der Waals surface area contributed by atoms with Gasteiger partial charge in [-0.2, -0.15) is 0 Å². The summed E-state index contributed by atoms with van der Waals surface area (Å²) in [5.74, 6) is 2.73. The molecule has 2 N–H and O–H groups in total. The first-order valence-corrected chi connectivity index (χ1v) is 18.0. The number of Topliss-reactive ketones (excluding diaryl/α,β-unsaturated/α-hetero) is 1. The number of carbonyl (C=O) groups is 2. The zero-order valence-electron chi connectivity index (χ0n) is 29.2. The second-order valence-electron chi connectivity index (χ2n) is 17.6. The summed E-state index contributed by atoms with van der Waals surface area (Å²) in [4.78, 5) is 23.2. The van der Waals surface area contributed by atoms with E-state index in [0.29, 0.717) is 51.9 Å². The van der Waals surface area contributed by atoms with Crippen molar-refractivity contribution in [2.45, 2.75) is 113 Å². The molecule has 0 radical (unpaired) electrons. The van der Waals surface area contributed by atoms with E-state index in [4.69, 9.17) is 0 Å². The van der Waals surface area contributed by atoms with E-state index in [0.717, 1.165) is 25.4 Å². The number of hydrogen-bond donors (Lipinski definition) is 2. The van der Waals surface area contributed by atoms with E-state index in [1.54, 1.807) is 19.1 Å². The molecule has 5 aliphatic rings. The van der Waals surface area contributed by atoms with Gasteiger partial charge in [0.15, 0.2) is 0 Å². The summed E-state index contributed by atoms with van der Waals surface area (Å²) < 4.78 is 0. The van der Waals surface area contributed by atoms with Crippen LogP contribution in [-0.4, -0.2) is 29.9 Å². The number of allylic oxidation sites excluding steroid dienone is 3. The van der Waals surface area contributed by atoms with E-state index in [-0.39, 0.29) is 16.6 Å². The van der Waals surface area contributed by atoms with Crippen LogP contribution in [0, 0.1) is 56.7 Å². The van der Waals surface area contributed by atoms with Gasteiger partial charge < -0.3 is 10.4 Å². The molecule has 4 heteroatoms. The van der Waals surface area contributed by atoms with Gasteiger partial charge in [-0.25, -0.2) is 4.79 Å². The predicted molar refractivity (Wildman–Crippen MR) is 184 cm³/mol. The molecule has 0 heterocycles. The highest BCUT2D eigenvalue weighted by Gasteiger charge is 2.70. The third-order valence-electron chi connectivity index (χ3n) is 15.4. The van der Waals surface area contributed by atoms with Crippen molar-refractivity contribution in [3.8, 4) is 0 Å². The Balaban J connectivity index is 1.31. The number of carboxylic acids is 1. The fourth-order valence-electron chi connectivity index (χ4n) is 13.1. The Bertz CT molecular complexity index is 1390. The Morgan fingerprint density at radius 2 is 1.60 bits per heavy atom. The minimum atomic E-state index is -0.863. The van der Waals surface area contributed by atoms with Gasteiger partial charge in [-0.05, 0) is 152 Å². The van der Waals surface area contributed by atoms with Gasteiger partial charge in [-0.3, -0.25) is 4.79 Å². The lowest BCUT2D eigenvalue weighted by molar-refractivity contribution is -0.225. The van der Waals surface area contributed by atoms with Crippen LogP contribution in [0.2, 0.25) is 0 Å². The molecule has 9 atom stereocenters. The molecule has 4 saturated carbocycles. The molecule has 4 fully saturated rings. The van der Waals surface area contributed by atoms with Gasteiger partial charge in [-0.1, -0.05) is 65.0 Å². The molecule has 1 aromatic carbocycles. The van der Waals surface area contributed by atoms with Crippen molar-refractivity contribution in [3.63, 3.8) is 0 Å². The fraction of sp³-hybridized carbons (Fsp3) is 0.707. The quantitative estimate of drug-likeness (QED) is 0.226. The molecular formula is C41H59NO3. The largest absolute Gasteiger partial charge is 0.478 e. The Hall–Kier alpha value is -2.20. The van der Waals surface area contributed by atoms with Crippen LogP contribution < -0.4 is 5.32 Å². The van der Waals surface area contributed by atoms with E-state index in [2.05, 4.69) is 59.5 Å².